The fourth-order valence-electron chi connectivity index (χ4n) is 2.91. The lowest BCUT2D eigenvalue weighted by Gasteiger charge is -2.15. The Morgan fingerprint density at radius 3 is 2.87 bits per heavy atom. The fraction of sp³-hybridized carbons (Fsp3) is 0.611. The Hall–Kier alpha value is -1.59. The van der Waals surface area contributed by atoms with E-state index < -0.39 is 0 Å². The largest absolute Gasteiger partial charge is 0.493 e. The van der Waals surface area contributed by atoms with Crippen LogP contribution in [0.15, 0.2) is 18.2 Å². The molecule has 1 fully saturated rings. The van der Waals surface area contributed by atoms with Gasteiger partial charge in [0.2, 0.25) is 5.91 Å². The van der Waals surface area contributed by atoms with Gasteiger partial charge < -0.3 is 20.5 Å². The molecule has 1 saturated carbocycles. The average molecular weight is 320 g/mol. The first-order valence-electron chi connectivity index (χ1n) is 8.34. The second kappa shape index (κ2) is 8.89. The fourth-order valence-corrected chi connectivity index (χ4v) is 2.91. The number of hydrogen-bond acceptors (Lipinski definition) is 4. The normalized spacial score (nSPS) is 20.5. The second-order valence-electron chi connectivity index (χ2n) is 6.29. The lowest BCUT2D eigenvalue weighted by Crippen LogP contribution is -2.30. The molecule has 1 aromatic rings. The summed E-state index contributed by atoms with van der Waals surface area (Å²) in [5, 5.41) is 3.02. The summed E-state index contributed by atoms with van der Waals surface area (Å²) in [4.78, 5) is 12.2. The molecule has 1 aliphatic carbocycles. The maximum absolute atomic E-state index is 12.2. The third kappa shape index (κ3) is 5.52. The summed E-state index contributed by atoms with van der Waals surface area (Å²) in [6.07, 6.45) is 3.47. The van der Waals surface area contributed by atoms with Crippen LogP contribution in [0.25, 0.3) is 0 Å². The highest BCUT2D eigenvalue weighted by Crippen LogP contribution is 2.25. The van der Waals surface area contributed by atoms with Gasteiger partial charge in [-0.2, -0.15) is 0 Å². The molecule has 0 radical (unpaired) electrons. The smallest absolute Gasteiger partial charge is 0.223 e. The molecule has 1 aromatic carbocycles. The third-order valence-electron chi connectivity index (χ3n) is 4.27. The maximum Gasteiger partial charge on any atom is 0.223 e. The molecule has 5 heteroatoms. The molecule has 0 saturated heterocycles. The van der Waals surface area contributed by atoms with Crippen LogP contribution >= 0.6 is 0 Å². The van der Waals surface area contributed by atoms with Crippen molar-refractivity contribution < 1.29 is 14.3 Å². The Morgan fingerprint density at radius 2 is 2.17 bits per heavy atom. The van der Waals surface area contributed by atoms with E-state index in [-0.39, 0.29) is 17.9 Å². The molecule has 2 rings (SSSR count). The Labute approximate surface area is 138 Å². The van der Waals surface area contributed by atoms with E-state index in [2.05, 4.69) is 5.32 Å². The Morgan fingerprint density at radius 1 is 1.35 bits per heavy atom. The first-order valence-corrected chi connectivity index (χ1v) is 8.34. The zero-order chi connectivity index (χ0) is 16.7. The lowest BCUT2D eigenvalue weighted by molar-refractivity contribution is -0.125. The van der Waals surface area contributed by atoms with Gasteiger partial charge in [0.05, 0.1) is 6.61 Å². The van der Waals surface area contributed by atoms with E-state index in [1.807, 2.05) is 25.1 Å². The van der Waals surface area contributed by atoms with E-state index in [9.17, 15) is 4.79 Å². The predicted octanol–water partition coefficient (Wildman–Crippen LogP) is 2.15. The van der Waals surface area contributed by atoms with Crippen molar-refractivity contribution in [1.82, 2.24) is 5.32 Å². The number of methoxy groups -OCH3 is 1. The van der Waals surface area contributed by atoms with Crippen molar-refractivity contribution in [2.24, 2.45) is 11.7 Å². The van der Waals surface area contributed by atoms with Crippen LogP contribution in [0.3, 0.4) is 0 Å². The number of nitrogens with two attached hydrogens (primary N) is 1. The van der Waals surface area contributed by atoms with E-state index in [0.29, 0.717) is 19.8 Å². The minimum atomic E-state index is 0.0570. The molecule has 2 unspecified atom stereocenters. The van der Waals surface area contributed by atoms with Gasteiger partial charge in [0.15, 0.2) is 0 Å². The quantitative estimate of drug-likeness (QED) is 0.720. The summed E-state index contributed by atoms with van der Waals surface area (Å²) in [5.41, 5.74) is 8.03. The molecule has 1 amide bonds. The molecule has 128 valence electrons. The van der Waals surface area contributed by atoms with Crippen molar-refractivity contribution in [1.29, 1.82) is 0 Å². The summed E-state index contributed by atoms with van der Waals surface area (Å²) >= 11 is 0. The topological polar surface area (TPSA) is 73.6 Å². The summed E-state index contributed by atoms with van der Waals surface area (Å²) in [6.45, 7) is 3.81. The van der Waals surface area contributed by atoms with E-state index >= 15 is 0 Å². The van der Waals surface area contributed by atoms with Crippen molar-refractivity contribution in [3.05, 3.63) is 29.3 Å². The van der Waals surface area contributed by atoms with Crippen LogP contribution in [0.5, 0.6) is 5.75 Å². The van der Waals surface area contributed by atoms with Gasteiger partial charge in [-0.25, -0.2) is 0 Å². The van der Waals surface area contributed by atoms with Gasteiger partial charge in [-0.05, 0) is 37.8 Å². The van der Waals surface area contributed by atoms with Crippen molar-refractivity contribution >= 4 is 5.91 Å². The van der Waals surface area contributed by atoms with Crippen LogP contribution in [0.4, 0.5) is 0 Å². The number of carbonyl (C=O) groups is 1. The van der Waals surface area contributed by atoms with Gasteiger partial charge in [0, 0.05) is 44.2 Å². The molecule has 3 N–H and O–H groups in total. The minimum absolute atomic E-state index is 0.0570. The third-order valence-corrected chi connectivity index (χ3v) is 4.27. The number of nitrogens with one attached hydrogen (secondary N) is 1. The summed E-state index contributed by atoms with van der Waals surface area (Å²) < 4.78 is 10.9. The maximum atomic E-state index is 12.2. The standard InChI is InChI=1S/C18H28N2O3/c1-13-4-5-15(17(10-13)23-9-3-8-22-2)12-20-18(21)14-6-7-16(19)11-14/h4-5,10,14,16H,3,6-9,11-12,19H2,1-2H3,(H,20,21). The van der Waals surface area contributed by atoms with Crippen molar-refractivity contribution in [2.75, 3.05) is 20.3 Å². The molecular formula is C18H28N2O3. The average Bonchev–Trinajstić information content (AvgIpc) is 2.97. The van der Waals surface area contributed by atoms with Crippen LogP contribution in [0, 0.1) is 12.8 Å². The van der Waals surface area contributed by atoms with E-state index in [1.165, 1.54) is 0 Å². The summed E-state index contributed by atoms with van der Waals surface area (Å²) in [6, 6.07) is 6.24. The highest BCUT2D eigenvalue weighted by molar-refractivity contribution is 5.79. The van der Waals surface area contributed by atoms with Gasteiger partial charge in [-0.15, -0.1) is 0 Å². The van der Waals surface area contributed by atoms with Crippen molar-refractivity contribution in [3.63, 3.8) is 0 Å². The molecule has 2 atom stereocenters. The SMILES string of the molecule is COCCCOc1cc(C)ccc1CNC(=O)C1CCC(N)C1. The van der Waals surface area contributed by atoms with E-state index in [4.69, 9.17) is 15.2 Å². The molecular weight excluding hydrogens is 292 g/mol. The minimum Gasteiger partial charge on any atom is -0.493 e. The summed E-state index contributed by atoms with van der Waals surface area (Å²) in [5.74, 6) is 0.995. The lowest BCUT2D eigenvalue weighted by atomic mass is 10.1. The molecule has 23 heavy (non-hydrogen) atoms. The molecule has 0 spiro atoms. The van der Waals surface area contributed by atoms with Crippen LogP contribution in [-0.4, -0.2) is 32.3 Å². The number of ether oxygens (including phenoxy) is 2. The van der Waals surface area contributed by atoms with Crippen LogP contribution in [0.1, 0.15) is 36.8 Å². The van der Waals surface area contributed by atoms with Crippen molar-refractivity contribution in [3.8, 4) is 5.75 Å². The molecule has 0 bridgehead atoms. The zero-order valence-electron chi connectivity index (χ0n) is 14.1. The van der Waals surface area contributed by atoms with Crippen molar-refractivity contribution in [2.45, 2.75) is 45.2 Å². The Balaban J connectivity index is 1.89. The number of hydrogen-bond donors (Lipinski definition) is 2. The number of benzene rings is 1. The predicted molar refractivity (Wildman–Crippen MR) is 90.3 cm³/mol. The van der Waals surface area contributed by atoms with Crippen LogP contribution in [0.2, 0.25) is 0 Å². The van der Waals surface area contributed by atoms with Gasteiger partial charge >= 0.3 is 0 Å². The van der Waals surface area contributed by atoms with E-state index in [0.717, 1.165) is 42.6 Å². The van der Waals surface area contributed by atoms with Crippen LogP contribution in [-0.2, 0) is 16.1 Å². The monoisotopic (exact) mass is 320 g/mol. The molecule has 0 aliphatic heterocycles. The Bertz CT molecular complexity index is 519. The van der Waals surface area contributed by atoms with Gasteiger partial charge in [0.25, 0.3) is 0 Å². The number of aryl methyl sites for hydroxylation is 1. The van der Waals surface area contributed by atoms with Gasteiger partial charge in [-0.1, -0.05) is 12.1 Å². The van der Waals surface area contributed by atoms with Gasteiger partial charge in [-0.3, -0.25) is 4.79 Å². The zero-order valence-corrected chi connectivity index (χ0v) is 14.1. The first-order chi connectivity index (χ1) is 11.1. The molecule has 5 nitrogen and oxygen atoms in total. The molecule has 0 heterocycles. The second-order valence-corrected chi connectivity index (χ2v) is 6.29. The number of amides is 1. The molecule has 1 aliphatic rings. The first kappa shape index (κ1) is 17.8. The highest BCUT2D eigenvalue weighted by Gasteiger charge is 2.27. The number of rotatable bonds is 8. The number of carbonyl (C=O) groups excluding carboxylic acids is 1. The summed E-state index contributed by atoms with van der Waals surface area (Å²) in [7, 11) is 1.68. The van der Waals surface area contributed by atoms with Crippen LogP contribution < -0.4 is 15.8 Å². The Kier molecular flexibility index (Phi) is 6.86. The van der Waals surface area contributed by atoms with E-state index in [1.54, 1.807) is 7.11 Å². The highest BCUT2D eigenvalue weighted by atomic mass is 16.5. The molecule has 0 aromatic heterocycles. The van der Waals surface area contributed by atoms with Gasteiger partial charge in [0.1, 0.15) is 5.75 Å².